The molecule has 146 valence electrons. The molecule has 5 nitrogen and oxygen atoms in total. The number of likely N-dealkylation sites (tertiary alicyclic amines) is 1. The van der Waals surface area contributed by atoms with Gasteiger partial charge in [-0.2, -0.15) is 0 Å². The van der Waals surface area contributed by atoms with E-state index in [1.54, 1.807) is 0 Å². The first-order valence-corrected chi connectivity index (χ1v) is 9.83. The van der Waals surface area contributed by atoms with E-state index in [-0.39, 0.29) is 17.4 Å². The number of aryl methyl sites for hydroxylation is 2. The van der Waals surface area contributed by atoms with E-state index in [0.29, 0.717) is 26.2 Å². The number of hydrogen-bond donors (Lipinski definition) is 0. The Morgan fingerprint density at radius 2 is 1.75 bits per heavy atom. The number of amides is 2. The van der Waals surface area contributed by atoms with Crippen molar-refractivity contribution in [1.29, 1.82) is 0 Å². The van der Waals surface area contributed by atoms with E-state index < -0.39 is 0 Å². The Morgan fingerprint density at radius 3 is 2.46 bits per heavy atom. The van der Waals surface area contributed by atoms with Gasteiger partial charge in [0.05, 0.1) is 12.1 Å². The molecule has 1 unspecified atom stereocenters. The van der Waals surface area contributed by atoms with Crippen LogP contribution in [0.5, 0.6) is 0 Å². The van der Waals surface area contributed by atoms with Crippen molar-refractivity contribution < 1.29 is 9.59 Å². The minimum Gasteiger partial charge on any atom is -0.337 e. The van der Waals surface area contributed by atoms with Crippen molar-refractivity contribution in [3.63, 3.8) is 0 Å². The predicted octanol–water partition coefficient (Wildman–Crippen LogP) is 2.87. The summed E-state index contributed by atoms with van der Waals surface area (Å²) in [7, 11) is 2.00. The highest BCUT2D eigenvalue weighted by Crippen LogP contribution is 2.34. The lowest BCUT2D eigenvalue weighted by Gasteiger charge is -2.46. The van der Waals surface area contributed by atoms with Crippen molar-refractivity contribution in [1.82, 2.24) is 9.80 Å². The van der Waals surface area contributed by atoms with Crippen molar-refractivity contribution in [3.8, 4) is 0 Å². The fourth-order valence-corrected chi connectivity index (χ4v) is 4.33. The molecule has 2 aliphatic rings. The van der Waals surface area contributed by atoms with Crippen LogP contribution >= 0.6 is 0 Å². The second-order valence-electron chi connectivity index (χ2n) is 8.17. The molecular formula is C23H27N3O2. The monoisotopic (exact) mass is 377 g/mol. The molecule has 2 heterocycles. The molecule has 2 saturated heterocycles. The van der Waals surface area contributed by atoms with Crippen LogP contribution in [0.2, 0.25) is 0 Å². The van der Waals surface area contributed by atoms with E-state index in [1.807, 2.05) is 72.3 Å². The number of nitrogens with zero attached hydrogens (tertiary/aromatic N) is 3. The fraction of sp³-hybridized carbons (Fsp3) is 0.391. The van der Waals surface area contributed by atoms with Crippen molar-refractivity contribution >= 4 is 17.5 Å². The van der Waals surface area contributed by atoms with Crippen LogP contribution in [0.3, 0.4) is 0 Å². The summed E-state index contributed by atoms with van der Waals surface area (Å²) in [5.74, 6) is 0.190. The van der Waals surface area contributed by atoms with Crippen LogP contribution in [0.4, 0.5) is 5.69 Å². The van der Waals surface area contributed by atoms with E-state index in [2.05, 4.69) is 11.8 Å². The molecule has 2 aliphatic heterocycles. The molecule has 0 radical (unpaired) electrons. The van der Waals surface area contributed by atoms with Crippen molar-refractivity contribution in [2.24, 2.45) is 0 Å². The molecule has 2 amide bonds. The van der Waals surface area contributed by atoms with E-state index in [0.717, 1.165) is 23.2 Å². The number of benzene rings is 2. The molecule has 0 N–H and O–H groups in total. The maximum Gasteiger partial charge on any atom is 0.253 e. The molecule has 4 rings (SSSR count). The Balaban J connectivity index is 1.56. The van der Waals surface area contributed by atoms with Gasteiger partial charge in [-0.15, -0.1) is 0 Å². The fourth-order valence-electron chi connectivity index (χ4n) is 4.33. The number of anilines is 1. The van der Waals surface area contributed by atoms with Crippen LogP contribution in [0.1, 0.15) is 27.9 Å². The second-order valence-corrected chi connectivity index (χ2v) is 8.17. The van der Waals surface area contributed by atoms with Crippen LogP contribution in [0.25, 0.3) is 0 Å². The molecular weight excluding hydrogens is 350 g/mol. The highest BCUT2D eigenvalue weighted by atomic mass is 16.2. The van der Waals surface area contributed by atoms with Gasteiger partial charge in [-0.25, -0.2) is 0 Å². The second kappa shape index (κ2) is 7.06. The van der Waals surface area contributed by atoms with Gasteiger partial charge in [-0.3, -0.25) is 14.5 Å². The Morgan fingerprint density at radius 1 is 1.00 bits per heavy atom. The van der Waals surface area contributed by atoms with Crippen molar-refractivity contribution in [2.45, 2.75) is 25.8 Å². The number of rotatable bonds is 2. The SMILES string of the molecule is Cc1ccc(C(=O)N2CCC3(C2)CN(c2ccccc2)C(=O)CN3C)cc1C. The number of carbonyl (C=O) groups is 2. The maximum atomic E-state index is 13.1. The van der Waals surface area contributed by atoms with E-state index >= 15 is 0 Å². The highest BCUT2D eigenvalue weighted by molar-refractivity contribution is 5.97. The van der Waals surface area contributed by atoms with Gasteiger partial charge in [-0.05, 0) is 62.7 Å². The summed E-state index contributed by atoms with van der Waals surface area (Å²) in [6.07, 6.45) is 0.872. The highest BCUT2D eigenvalue weighted by Gasteiger charge is 2.48. The smallest absolute Gasteiger partial charge is 0.253 e. The number of likely N-dealkylation sites (N-methyl/N-ethyl adjacent to an activating group) is 1. The zero-order valence-corrected chi connectivity index (χ0v) is 16.8. The summed E-state index contributed by atoms with van der Waals surface area (Å²) in [5.41, 5.74) is 3.81. The third-order valence-electron chi connectivity index (χ3n) is 6.38. The number of carbonyl (C=O) groups excluding carboxylic acids is 2. The maximum absolute atomic E-state index is 13.1. The first-order valence-electron chi connectivity index (χ1n) is 9.83. The van der Waals surface area contributed by atoms with Gasteiger partial charge in [0.2, 0.25) is 5.91 Å². The first kappa shape index (κ1) is 18.7. The molecule has 1 atom stereocenters. The average molecular weight is 377 g/mol. The Labute approximate surface area is 166 Å². The van der Waals surface area contributed by atoms with Crippen LogP contribution in [0, 0.1) is 13.8 Å². The van der Waals surface area contributed by atoms with Crippen molar-refractivity contribution in [3.05, 3.63) is 65.2 Å². The minimum absolute atomic E-state index is 0.0801. The molecule has 5 heteroatoms. The summed E-state index contributed by atoms with van der Waals surface area (Å²) in [6.45, 7) is 6.44. The molecule has 28 heavy (non-hydrogen) atoms. The van der Waals surface area contributed by atoms with Crippen LogP contribution in [-0.2, 0) is 4.79 Å². The lowest BCUT2D eigenvalue weighted by Crippen LogP contribution is -2.64. The van der Waals surface area contributed by atoms with E-state index in [1.165, 1.54) is 5.56 Å². The van der Waals surface area contributed by atoms with Crippen molar-refractivity contribution in [2.75, 3.05) is 38.1 Å². The molecule has 2 fully saturated rings. The predicted molar refractivity (Wildman–Crippen MR) is 111 cm³/mol. The van der Waals surface area contributed by atoms with Gasteiger partial charge >= 0.3 is 0 Å². The number of hydrogen-bond acceptors (Lipinski definition) is 3. The quantitative estimate of drug-likeness (QED) is 0.808. The molecule has 0 saturated carbocycles. The van der Waals surface area contributed by atoms with Gasteiger partial charge in [0.1, 0.15) is 0 Å². The zero-order chi connectivity index (χ0) is 19.9. The first-order chi connectivity index (χ1) is 13.4. The third-order valence-corrected chi connectivity index (χ3v) is 6.38. The number of para-hydroxylation sites is 1. The van der Waals surface area contributed by atoms with Gasteiger partial charge < -0.3 is 9.80 Å². The van der Waals surface area contributed by atoms with Gasteiger partial charge in [0.25, 0.3) is 5.91 Å². The molecule has 2 aromatic carbocycles. The summed E-state index contributed by atoms with van der Waals surface area (Å²) < 4.78 is 0. The summed E-state index contributed by atoms with van der Waals surface area (Å²) >= 11 is 0. The van der Waals surface area contributed by atoms with Gasteiger partial charge in [-0.1, -0.05) is 24.3 Å². The zero-order valence-electron chi connectivity index (χ0n) is 16.8. The Hall–Kier alpha value is -2.66. The van der Waals surface area contributed by atoms with E-state index in [4.69, 9.17) is 0 Å². The van der Waals surface area contributed by atoms with Gasteiger partial charge in [0.15, 0.2) is 0 Å². The van der Waals surface area contributed by atoms with Gasteiger partial charge in [0, 0.05) is 30.9 Å². The largest absolute Gasteiger partial charge is 0.337 e. The third kappa shape index (κ3) is 3.20. The lowest BCUT2D eigenvalue weighted by molar-refractivity contribution is -0.123. The normalized spacial score (nSPS) is 22.9. The molecule has 2 aromatic rings. The van der Waals surface area contributed by atoms with E-state index in [9.17, 15) is 9.59 Å². The molecule has 0 aromatic heterocycles. The molecule has 1 spiro atoms. The topological polar surface area (TPSA) is 43.9 Å². The van der Waals surface area contributed by atoms with Crippen LogP contribution in [0.15, 0.2) is 48.5 Å². The summed E-state index contributed by atoms with van der Waals surface area (Å²) in [5, 5.41) is 0. The summed E-state index contributed by atoms with van der Waals surface area (Å²) in [6, 6.07) is 15.7. The van der Waals surface area contributed by atoms with Crippen LogP contribution in [-0.4, -0.2) is 60.4 Å². The number of piperazine rings is 1. The minimum atomic E-state index is -0.195. The summed E-state index contributed by atoms with van der Waals surface area (Å²) in [4.78, 5) is 31.7. The lowest BCUT2D eigenvalue weighted by atomic mass is 9.92. The average Bonchev–Trinajstić information content (AvgIpc) is 3.12. The standard InChI is InChI=1S/C23H27N3O2/c1-17-9-10-19(13-18(17)2)22(28)25-12-11-23(15-25)16-26(21(27)14-24(23)3)20-7-5-4-6-8-20/h4-10,13H,11-12,14-16H2,1-3H3. The Bertz CT molecular complexity index is 911. The Kier molecular flexibility index (Phi) is 4.71. The van der Waals surface area contributed by atoms with Crippen LogP contribution < -0.4 is 4.90 Å². The molecule has 0 bridgehead atoms. The molecule has 0 aliphatic carbocycles.